The average molecular weight is 368 g/mol. The summed E-state index contributed by atoms with van der Waals surface area (Å²) in [6.07, 6.45) is 0.551. The highest BCUT2D eigenvalue weighted by atomic mass is 79.9. The first-order chi connectivity index (χ1) is 9.95. The number of hydrogen-bond acceptors (Lipinski definition) is 2. The molecule has 0 amide bonds. The zero-order valence-corrected chi connectivity index (χ0v) is 13.6. The molecular weight excluding hydrogens is 347 g/mol. The van der Waals surface area contributed by atoms with Crippen molar-refractivity contribution in [3.05, 3.63) is 22.6 Å². The first-order valence-electron chi connectivity index (χ1n) is 7.48. The van der Waals surface area contributed by atoms with Crippen LogP contribution in [0.25, 0.3) is 0 Å². The molecule has 21 heavy (non-hydrogen) atoms. The van der Waals surface area contributed by atoms with Gasteiger partial charge in [-0.05, 0) is 53.7 Å². The fourth-order valence-electron chi connectivity index (χ4n) is 3.23. The Bertz CT molecular complexity index is 446. The van der Waals surface area contributed by atoms with Crippen molar-refractivity contribution in [3.8, 4) is 0 Å². The Morgan fingerprint density at radius 1 is 1.38 bits per heavy atom. The monoisotopic (exact) mass is 367 g/mol. The Labute approximate surface area is 131 Å². The van der Waals surface area contributed by atoms with Crippen LogP contribution >= 0.6 is 15.9 Å². The third-order valence-electron chi connectivity index (χ3n) is 4.21. The van der Waals surface area contributed by atoms with E-state index in [-0.39, 0.29) is 12.5 Å². The van der Waals surface area contributed by atoms with E-state index in [0.29, 0.717) is 25.1 Å². The molecule has 0 aliphatic heterocycles. The second-order valence-electron chi connectivity index (χ2n) is 5.66. The molecule has 1 saturated carbocycles. The van der Waals surface area contributed by atoms with E-state index in [9.17, 15) is 13.2 Å². The van der Waals surface area contributed by atoms with Gasteiger partial charge in [0.2, 0.25) is 0 Å². The Balaban J connectivity index is 2.27. The zero-order chi connectivity index (χ0) is 15.5. The van der Waals surface area contributed by atoms with Crippen molar-refractivity contribution >= 4 is 15.9 Å². The Hall–Kier alpha value is -0.490. The number of furan rings is 1. The van der Waals surface area contributed by atoms with Crippen LogP contribution in [0.3, 0.4) is 0 Å². The number of alkyl halides is 3. The van der Waals surface area contributed by atoms with Gasteiger partial charge in [0, 0.05) is 0 Å². The van der Waals surface area contributed by atoms with E-state index in [0.717, 1.165) is 17.3 Å². The molecule has 1 aromatic heterocycles. The summed E-state index contributed by atoms with van der Waals surface area (Å²) in [6.45, 7) is 2.68. The molecule has 1 heterocycles. The zero-order valence-electron chi connectivity index (χ0n) is 12.0. The van der Waals surface area contributed by atoms with Gasteiger partial charge < -0.3 is 9.73 Å². The Morgan fingerprint density at radius 3 is 2.67 bits per heavy atom. The van der Waals surface area contributed by atoms with Crippen LogP contribution in [0.1, 0.15) is 50.8 Å². The van der Waals surface area contributed by atoms with Gasteiger partial charge in [-0.3, -0.25) is 0 Å². The topological polar surface area (TPSA) is 25.2 Å². The first-order valence-corrected chi connectivity index (χ1v) is 8.27. The minimum Gasteiger partial charge on any atom is -0.466 e. The van der Waals surface area contributed by atoms with Gasteiger partial charge in [-0.2, -0.15) is 13.2 Å². The Kier molecular flexibility index (Phi) is 5.77. The van der Waals surface area contributed by atoms with Crippen molar-refractivity contribution in [3.63, 3.8) is 0 Å². The maximum Gasteiger partial charge on any atom is 0.392 e. The van der Waals surface area contributed by atoms with Gasteiger partial charge in [-0.15, -0.1) is 0 Å². The summed E-state index contributed by atoms with van der Waals surface area (Å²) in [7, 11) is 0. The molecule has 2 nitrogen and oxygen atoms in total. The van der Waals surface area contributed by atoms with Gasteiger partial charge in [-0.25, -0.2) is 0 Å². The van der Waals surface area contributed by atoms with Crippen molar-refractivity contribution in [2.45, 2.75) is 51.2 Å². The third kappa shape index (κ3) is 4.03. The molecule has 1 aliphatic carbocycles. The molecule has 1 aliphatic rings. The van der Waals surface area contributed by atoms with E-state index in [4.69, 9.17) is 4.42 Å². The second kappa shape index (κ2) is 7.18. The van der Waals surface area contributed by atoms with Gasteiger partial charge >= 0.3 is 6.18 Å². The second-order valence-corrected chi connectivity index (χ2v) is 6.52. The van der Waals surface area contributed by atoms with Crippen molar-refractivity contribution in [1.29, 1.82) is 0 Å². The molecule has 1 aromatic rings. The summed E-state index contributed by atoms with van der Waals surface area (Å²) in [6, 6.07) is 1.35. The quantitative estimate of drug-likeness (QED) is 0.748. The molecule has 1 fully saturated rings. The van der Waals surface area contributed by atoms with Crippen LogP contribution in [0.15, 0.2) is 21.2 Å². The van der Waals surface area contributed by atoms with Crippen LogP contribution in [0.4, 0.5) is 13.2 Å². The maximum atomic E-state index is 13.3. The number of nitrogens with one attached hydrogen (secondary N) is 1. The SMILES string of the molecule is CCCNC(c1occc1Br)C1CCCCC1C(F)(F)F. The highest BCUT2D eigenvalue weighted by Crippen LogP contribution is 2.47. The first kappa shape index (κ1) is 16.9. The molecule has 0 spiro atoms. The van der Waals surface area contributed by atoms with E-state index in [1.54, 1.807) is 6.07 Å². The normalized spacial score (nSPS) is 25.0. The van der Waals surface area contributed by atoms with Gasteiger partial charge in [-0.1, -0.05) is 19.8 Å². The molecule has 0 bridgehead atoms. The third-order valence-corrected chi connectivity index (χ3v) is 4.86. The smallest absolute Gasteiger partial charge is 0.392 e. The summed E-state index contributed by atoms with van der Waals surface area (Å²) in [5.41, 5.74) is 0. The number of halogens is 4. The molecule has 120 valence electrons. The van der Waals surface area contributed by atoms with Gasteiger partial charge in [0.05, 0.1) is 22.7 Å². The fourth-order valence-corrected chi connectivity index (χ4v) is 3.68. The lowest BCUT2D eigenvalue weighted by Gasteiger charge is -2.38. The summed E-state index contributed by atoms with van der Waals surface area (Å²) in [4.78, 5) is 0. The van der Waals surface area contributed by atoms with Crippen LogP contribution in [-0.4, -0.2) is 12.7 Å². The van der Waals surface area contributed by atoms with Crippen LogP contribution in [-0.2, 0) is 0 Å². The number of rotatable bonds is 5. The van der Waals surface area contributed by atoms with Crippen LogP contribution in [0.5, 0.6) is 0 Å². The highest BCUT2D eigenvalue weighted by molar-refractivity contribution is 9.10. The van der Waals surface area contributed by atoms with Crippen molar-refractivity contribution < 1.29 is 17.6 Å². The van der Waals surface area contributed by atoms with E-state index in [1.165, 1.54) is 6.26 Å². The molecule has 3 unspecified atom stereocenters. The molecule has 1 N–H and O–H groups in total. The van der Waals surface area contributed by atoms with Crippen LogP contribution in [0.2, 0.25) is 0 Å². The molecule has 0 saturated heterocycles. The lowest BCUT2D eigenvalue weighted by atomic mass is 9.74. The molecule has 2 rings (SSSR count). The molecule has 3 atom stereocenters. The summed E-state index contributed by atoms with van der Waals surface area (Å²) < 4.78 is 46.2. The van der Waals surface area contributed by atoms with Gasteiger partial charge in [0.1, 0.15) is 5.76 Å². The molecule has 6 heteroatoms. The summed E-state index contributed by atoms with van der Waals surface area (Å²) in [5.74, 6) is -1.13. The Morgan fingerprint density at radius 2 is 2.10 bits per heavy atom. The predicted octanol–water partition coefficient (Wildman–Crippen LogP) is 5.45. The van der Waals surface area contributed by atoms with Crippen molar-refractivity contribution in [1.82, 2.24) is 5.32 Å². The molecule has 0 aromatic carbocycles. The van der Waals surface area contributed by atoms with Crippen LogP contribution in [0, 0.1) is 11.8 Å². The largest absolute Gasteiger partial charge is 0.466 e. The van der Waals surface area contributed by atoms with E-state index < -0.39 is 18.0 Å². The minimum atomic E-state index is -4.14. The predicted molar refractivity (Wildman–Crippen MR) is 78.9 cm³/mol. The molecule has 0 radical (unpaired) electrons. The van der Waals surface area contributed by atoms with Crippen LogP contribution < -0.4 is 5.32 Å². The van der Waals surface area contributed by atoms with E-state index >= 15 is 0 Å². The van der Waals surface area contributed by atoms with Gasteiger partial charge in [0.25, 0.3) is 0 Å². The molecular formula is C15H21BrF3NO. The summed E-state index contributed by atoms with van der Waals surface area (Å²) >= 11 is 3.38. The van der Waals surface area contributed by atoms with Crippen molar-refractivity contribution in [2.24, 2.45) is 11.8 Å². The highest BCUT2D eigenvalue weighted by Gasteiger charge is 2.48. The van der Waals surface area contributed by atoms with E-state index in [1.807, 2.05) is 6.92 Å². The average Bonchev–Trinajstić information content (AvgIpc) is 2.85. The van der Waals surface area contributed by atoms with Gasteiger partial charge in [0.15, 0.2) is 0 Å². The standard InChI is InChI=1S/C15H21BrF3NO/c1-2-8-20-13(14-12(16)7-9-21-14)10-5-3-4-6-11(10)15(17,18)19/h7,9-11,13,20H,2-6,8H2,1H3. The van der Waals surface area contributed by atoms with Crippen molar-refractivity contribution in [2.75, 3.05) is 6.54 Å². The lowest BCUT2D eigenvalue weighted by Crippen LogP contribution is -2.41. The minimum absolute atomic E-state index is 0.219. The number of hydrogen-bond donors (Lipinski definition) is 1. The maximum absolute atomic E-state index is 13.3. The fraction of sp³-hybridized carbons (Fsp3) is 0.733. The summed E-state index contributed by atoms with van der Waals surface area (Å²) in [5, 5.41) is 3.26. The van der Waals surface area contributed by atoms with E-state index in [2.05, 4.69) is 21.2 Å². The lowest BCUT2D eigenvalue weighted by molar-refractivity contribution is -0.200.